The Hall–Kier alpha value is -1.35. The van der Waals surface area contributed by atoms with E-state index in [1.165, 1.54) is 12.8 Å². The third-order valence-electron chi connectivity index (χ3n) is 3.00. The zero-order valence-corrected chi connectivity index (χ0v) is 10.5. The van der Waals surface area contributed by atoms with Gasteiger partial charge in [-0.15, -0.1) is 6.58 Å². The third-order valence-corrected chi connectivity index (χ3v) is 3.00. The van der Waals surface area contributed by atoms with Gasteiger partial charge in [-0.1, -0.05) is 12.1 Å². The van der Waals surface area contributed by atoms with Gasteiger partial charge in [-0.3, -0.25) is 0 Å². The molecule has 0 saturated heterocycles. The fourth-order valence-corrected chi connectivity index (χ4v) is 1.71. The van der Waals surface area contributed by atoms with Crippen LogP contribution in [-0.2, 0) is 6.54 Å². The van der Waals surface area contributed by atoms with Crippen LogP contribution in [0.25, 0.3) is 0 Å². The van der Waals surface area contributed by atoms with Crippen LogP contribution in [0.2, 0.25) is 0 Å². The van der Waals surface area contributed by atoms with E-state index < -0.39 is 0 Å². The number of nitrogens with zero attached hydrogens (tertiary/aromatic N) is 2. The molecule has 1 aliphatic rings. The van der Waals surface area contributed by atoms with Crippen LogP contribution in [0.15, 0.2) is 30.9 Å². The van der Waals surface area contributed by atoms with Gasteiger partial charge in [0.1, 0.15) is 5.82 Å². The quantitative estimate of drug-likeness (QED) is 0.730. The zero-order valence-electron chi connectivity index (χ0n) is 10.5. The van der Waals surface area contributed by atoms with Crippen molar-refractivity contribution in [3.05, 3.63) is 36.5 Å². The summed E-state index contributed by atoms with van der Waals surface area (Å²) >= 11 is 0. The molecule has 0 aromatic carbocycles. The average molecular weight is 231 g/mol. The normalized spacial score (nSPS) is 14.6. The van der Waals surface area contributed by atoms with Crippen molar-refractivity contribution in [1.29, 1.82) is 0 Å². The minimum atomic E-state index is 0.735. The van der Waals surface area contributed by atoms with Crippen molar-refractivity contribution in [2.75, 3.05) is 18.5 Å². The molecule has 1 saturated carbocycles. The molecule has 1 aliphatic carbocycles. The van der Waals surface area contributed by atoms with Crippen molar-refractivity contribution >= 4 is 5.82 Å². The van der Waals surface area contributed by atoms with Gasteiger partial charge in [0.25, 0.3) is 0 Å². The second kappa shape index (κ2) is 5.82. The summed E-state index contributed by atoms with van der Waals surface area (Å²) in [5.74, 6) is 1.04. The van der Waals surface area contributed by atoms with Crippen LogP contribution in [-0.4, -0.2) is 24.6 Å². The van der Waals surface area contributed by atoms with E-state index >= 15 is 0 Å². The maximum Gasteiger partial charge on any atom is 0.128 e. The van der Waals surface area contributed by atoms with E-state index in [1.807, 2.05) is 6.08 Å². The first kappa shape index (κ1) is 12.1. The largest absolute Gasteiger partial charge is 0.359 e. The van der Waals surface area contributed by atoms with E-state index in [0.29, 0.717) is 0 Å². The van der Waals surface area contributed by atoms with Gasteiger partial charge in [0, 0.05) is 26.2 Å². The van der Waals surface area contributed by atoms with Crippen molar-refractivity contribution in [2.45, 2.75) is 31.8 Å². The lowest BCUT2D eigenvalue weighted by Crippen LogP contribution is -2.21. The number of hydrogen-bond donors (Lipinski definition) is 1. The number of aromatic nitrogens is 1. The minimum Gasteiger partial charge on any atom is -0.359 e. The first-order valence-electron chi connectivity index (χ1n) is 6.31. The summed E-state index contributed by atoms with van der Waals surface area (Å²) in [5, 5.41) is 3.49. The van der Waals surface area contributed by atoms with Crippen LogP contribution in [0.5, 0.6) is 0 Å². The van der Waals surface area contributed by atoms with Crippen LogP contribution in [0.4, 0.5) is 5.82 Å². The summed E-state index contributed by atoms with van der Waals surface area (Å²) in [5.41, 5.74) is 1.12. The SMILES string of the molecule is C=CCCN(C)c1cccc(CNC2CC2)n1. The summed E-state index contributed by atoms with van der Waals surface area (Å²) < 4.78 is 0. The minimum absolute atomic E-state index is 0.735. The van der Waals surface area contributed by atoms with E-state index in [4.69, 9.17) is 0 Å². The highest BCUT2D eigenvalue weighted by molar-refractivity contribution is 5.38. The molecule has 0 unspecified atom stereocenters. The highest BCUT2D eigenvalue weighted by atomic mass is 15.2. The highest BCUT2D eigenvalue weighted by Gasteiger charge is 2.20. The average Bonchev–Trinajstić information content (AvgIpc) is 3.18. The Morgan fingerprint density at radius 3 is 3.06 bits per heavy atom. The van der Waals surface area contributed by atoms with Crippen LogP contribution < -0.4 is 10.2 Å². The van der Waals surface area contributed by atoms with Gasteiger partial charge in [0.15, 0.2) is 0 Å². The van der Waals surface area contributed by atoms with Crippen molar-refractivity contribution in [2.24, 2.45) is 0 Å². The highest BCUT2D eigenvalue weighted by Crippen LogP contribution is 2.19. The van der Waals surface area contributed by atoms with E-state index in [-0.39, 0.29) is 0 Å². The van der Waals surface area contributed by atoms with Crippen LogP contribution in [0, 0.1) is 0 Å². The van der Waals surface area contributed by atoms with Crippen LogP contribution in [0.3, 0.4) is 0 Å². The molecule has 1 aromatic heterocycles. The van der Waals surface area contributed by atoms with Crippen LogP contribution in [0.1, 0.15) is 25.0 Å². The lowest BCUT2D eigenvalue weighted by molar-refractivity contribution is 0.673. The fraction of sp³-hybridized carbons (Fsp3) is 0.500. The van der Waals surface area contributed by atoms with E-state index in [0.717, 1.165) is 37.1 Å². The topological polar surface area (TPSA) is 28.2 Å². The summed E-state index contributed by atoms with van der Waals surface area (Å²) in [7, 11) is 2.07. The summed E-state index contributed by atoms with van der Waals surface area (Å²) in [6.07, 6.45) is 5.57. The van der Waals surface area contributed by atoms with Gasteiger partial charge in [0.05, 0.1) is 5.69 Å². The molecule has 2 rings (SSSR count). The molecular weight excluding hydrogens is 210 g/mol. The molecular formula is C14H21N3. The first-order valence-corrected chi connectivity index (χ1v) is 6.31. The van der Waals surface area contributed by atoms with E-state index in [1.54, 1.807) is 0 Å². The second-order valence-electron chi connectivity index (χ2n) is 4.64. The molecule has 17 heavy (non-hydrogen) atoms. The van der Waals surface area contributed by atoms with Gasteiger partial charge in [-0.2, -0.15) is 0 Å². The molecule has 0 spiro atoms. The summed E-state index contributed by atoms with van der Waals surface area (Å²) in [6, 6.07) is 6.96. The molecule has 0 radical (unpaired) electrons. The maximum atomic E-state index is 4.65. The van der Waals surface area contributed by atoms with E-state index in [9.17, 15) is 0 Å². The Morgan fingerprint density at radius 1 is 1.53 bits per heavy atom. The van der Waals surface area contributed by atoms with Crippen molar-refractivity contribution < 1.29 is 0 Å². The molecule has 0 bridgehead atoms. The zero-order chi connectivity index (χ0) is 12.1. The van der Waals surface area contributed by atoms with E-state index in [2.05, 4.69) is 47.0 Å². The lowest BCUT2D eigenvalue weighted by Gasteiger charge is -2.17. The number of hydrogen-bond acceptors (Lipinski definition) is 3. The molecule has 0 aliphatic heterocycles. The van der Waals surface area contributed by atoms with Crippen molar-refractivity contribution in [3.63, 3.8) is 0 Å². The smallest absolute Gasteiger partial charge is 0.128 e. The monoisotopic (exact) mass is 231 g/mol. The Balaban J connectivity index is 1.91. The predicted molar refractivity (Wildman–Crippen MR) is 72.2 cm³/mol. The third kappa shape index (κ3) is 3.86. The van der Waals surface area contributed by atoms with Crippen molar-refractivity contribution in [1.82, 2.24) is 10.3 Å². The molecule has 1 aromatic rings. The molecule has 0 atom stereocenters. The Morgan fingerprint density at radius 2 is 2.35 bits per heavy atom. The Bertz CT molecular complexity index is 371. The molecule has 3 nitrogen and oxygen atoms in total. The number of nitrogens with one attached hydrogen (secondary N) is 1. The second-order valence-corrected chi connectivity index (χ2v) is 4.64. The molecule has 1 heterocycles. The molecule has 92 valence electrons. The van der Waals surface area contributed by atoms with Gasteiger partial charge < -0.3 is 10.2 Å². The van der Waals surface area contributed by atoms with Gasteiger partial charge in [-0.25, -0.2) is 4.98 Å². The predicted octanol–water partition coefficient (Wildman–Crippen LogP) is 2.35. The first-order chi connectivity index (χ1) is 8.29. The van der Waals surface area contributed by atoms with Gasteiger partial charge in [-0.05, 0) is 31.4 Å². The van der Waals surface area contributed by atoms with Crippen LogP contribution >= 0.6 is 0 Å². The summed E-state index contributed by atoms with van der Waals surface area (Å²) in [6.45, 7) is 5.59. The maximum absolute atomic E-state index is 4.65. The molecule has 1 N–H and O–H groups in total. The number of pyridine rings is 1. The molecule has 3 heteroatoms. The van der Waals surface area contributed by atoms with Crippen molar-refractivity contribution in [3.8, 4) is 0 Å². The van der Waals surface area contributed by atoms with Gasteiger partial charge >= 0.3 is 0 Å². The standard InChI is InChI=1S/C14H21N3/c1-3-4-10-17(2)14-7-5-6-13(16-14)11-15-12-8-9-12/h3,5-7,12,15H,1,4,8-11H2,2H3. The number of anilines is 1. The summed E-state index contributed by atoms with van der Waals surface area (Å²) in [4.78, 5) is 6.82. The molecule has 1 fully saturated rings. The fourth-order valence-electron chi connectivity index (χ4n) is 1.71. The van der Waals surface area contributed by atoms with Gasteiger partial charge in [0.2, 0.25) is 0 Å². The lowest BCUT2D eigenvalue weighted by atomic mass is 10.3. The Labute approximate surface area is 104 Å². The number of rotatable bonds is 7. The molecule has 0 amide bonds. The Kier molecular flexibility index (Phi) is 4.15.